The molecule has 12 atom stereocenters. The molecule has 1 spiro atoms. The summed E-state index contributed by atoms with van der Waals surface area (Å²) in [4.78, 5) is 12.8. The van der Waals surface area contributed by atoms with E-state index in [4.69, 9.17) is 23.4 Å². The van der Waals surface area contributed by atoms with Crippen molar-refractivity contribution in [1.82, 2.24) is 5.32 Å². The highest BCUT2D eigenvalue weighted by molar-refractivity contribution is 8.77. The Morgan fingerprint density at radius 2 is 1.98 bits per heavy atom. The van der Waals surface area contributed by atoms with E-state index in [1.807, 2.05) is 6.07 Å². The molecule has 1 aromatic carbocycles. The predicted octanol–water partition coefficient (Wildman–Crippen LogP) is 3.40. The van der Waals surface area contributed by atoms with Crippen molar-refractivity contribution in [1.29, 1.82) is 0 Å². The lowest BCUT2D eigenvalue weighted by Gasteiger charge is -2.72. The Labute approximate surface area is 334 Å². The highest BCUT2D eigenvalue weighted by Crippen LogP contribution is 2.67. The van der Waals surface area contributed by atoms with Gasteiger partial charge in [-0.25, -0.2) is 0 Å². The Kier molecular flexibility index (Phi) is 11.1. The number of hydrogen-bond acceptors (Lipinski definition) is 15. The van der Waals surface area contributed by atoms with Crippen molar-refractivity contribution in [3.8, 4) is 11.5 Å². The van der Waals surface area contributed by atoms with Gasteiger partial charge in [-0.1, -0.05) is 53.2 Å². The summed E-state index contributed by atoms with van der Waals surface area (Å²) >= 11 is 0. The smallest absolute Gasteiger partial charge is 0.306 e. The van der Waals surface area contributed by atoms with E-state index in [2.05, 4.69) is 19.2 Å². The van der Waals surface area contributed by atoms with Gasteiger partial charge in [-0.05, 0) is 81.1 Å². The lowest BCUT2D eigenvalue weighted by molar-refractivity contribution is -0.451. The molecule has 0 radical (unpaired) electrons. The van der Waals surface area contributed by atoms with Crippen LogP contribution in [0.25, 0.3) is 11.0 Å². The molecule has 56 heavy (non-hydrogen) atoms. The monoisotopic (exact) mass is 817 g/mol. The third-order valence-electron chi connectivity index (χ3n) is 13.1. The van der Waals surface area contributed by atoms with Gasteiger partial charge in [-0.2, -0.15) is 0 Å². The van der Waals surface area contributed by atoms with Gasteiger partial charge in [0.05, 0.1) is 30.8 Å². The first-order chi connectivity index (χ1) is 26.8. The molecule has 8 rings (SSSR count). The predicted molar refractivity (Wildman–Crippen MR) is 210 cm³/mol. The van der Waals surface area contributed by atoms with Crippen LogP contribution in [0.2, 0.25) is 0 Å². The number of carbonyl (C=O) groups excluding carboxylic acids is 1. The molecule has 4 aliphatic heterocycles. The Balaban J connectivity index is 1.39. The molecule has 1 saturated carbocycles. The number of carbonyl (C=O) groups is 1. The standard InChI is InChI=1S/C41H55NO12S2/c1-4-50-31(46)12-8-23-15-24-13-14-51-33(24)35-34(23)53-40-17-26-6-10-28(52-35)18-42-27(9-5-22(2)3)20-55-56-36(26)39(21-44,54-40)38(48)16-25-7-11-30(45)29(19-43)32(25)41(40,49)37(38)47/h7,11,13-15,17,22,25,27-30,32,36-37,42-45,47-49H,4-6,8-10,12,16,18-21H2,1-3H3. The van der Waals surface area contributed by atoms with E-state index in [9.17, 15) is 35.4 Å². The van der Waals surface area contributed by atoms with E-state index >= 15 is 0 Å². The number of furan rings is 1. The van der Waals surface area contributed by atoms with Crippen molar-refractivity contribution < 1.29 is 58.8 Å². The summed E-state index contributed by atoms with van der Waals surface area (Å²) in [6.07, 6.45) is 5.72. The molecular formula is C41H55NO12S2. The molecule has 0 amide bonds. The molecule has 12 unspecified atom stereocenters. The van der Waals surface area contributed by atoms with E-state index in [1.165, 1.54) is 17.1 Å². The number of rotatable bonds is 9. The van der Waals surface area contributed by atoms with Crippen LogP contribution in [0.5, 0.6) is 11.5 Å². The van der Waals surface area contributed by atoms with Gasteiger partial charge in [0.25, 0.3) is 5.79 Å². The van der Waals surface area contributed by atoms with E-state index in [0.717, 1.165) is 18.4 Å². The first-order valence-corrected chi connectivity index (χ1v) is 22.4. The molecule has 308 valence electrons. The maximum absolute atomic E-state index is 13.5. The molecular weight excluding hydrogens is 763 g/mol. The van der Waals surface area contributed by atoms with E-state index in [0.29, 0.717) is 47.6 Å². The van der Waals surface area contributed by atoms with Crippen LogP contribution < -0.4 is 14.8 Å². The summed E-state index contributed by atoms with van der Waals surface area (Å²) < 4.78 is 32.6. The fourth-order valence-corrected chi connectivity index (χ4v) is 13.7. The summed E-state index contributed by atoms with van der Waals surface area (Å²) in [5, 5.41) is 76.8. The molecule has 2 aliphatic carbocycles. The van der Waals surface area contributed by atoms with E-state index in [-0.39, 0.29) is 43.4 Å². The number of aliphatic hydroxyl groups excluding tert-OH is 4. The van der Waals surface area contributed by atoms with Crippen molar-refractivity contribution in [2.24, 2.45) is 23.7 Å². The summed E-state index contributed by atoms with van der Waals surface area (Å²) in [5.41, 5.74) is -5.01. The zero-order valence-corrected chi connectivity index (χ0v) is 33.7. The van der Waals surface area contributed by atoms with Crippen molar-refractivity contribution in [3.05, 3.63) is 47.8 Å². The Bertz CT molecular complexity index is 1850. The first kappa shape index (κ1) is 40.5. The fourth-order valence-electron chi connectivity index (χ4n) is 10.3. The van der Waals surface area contributed by atoms with Gasteiger partial charge in [0, 0.05) is 48.6 Å². The molecule has 6 bridgehead atoms. The Morgan fingerprint density at radius 1 is 1.16 bits per heavy atom. The number of benzene rings is 1. The van der Waals surface area contributed by atoms with Gasteiger partial charge in [-0.3, -0.25) is 4.79 Å². The number of ether oxygens (including phenoxy) is 4. The summed E-state index contributed by atoms with van der Waals surface area (Å²) in [7, 11) is 3.08. The minimum absolute atomic E-state index is 0.0120. The van der Waals surface area contributed by atoms with Gasteiger partial charge in [0.1, 0.15) is 23.4 Å². The van der Waals surface area contributed by atoms with Crippen LogP contribution in [0.15, 0.2) is 46.6 Å². The molecule has 2 saturated heterocycles. The van der Waals surface area contributed by atoms with Crippen molar-refractivity contribution in [2.45, 2.75) is 118 Å². The number of fused-ring (bicyclic) bond motifs is 12. The number of aryl methyl sites for hydroxylation is 1. The zero-order chi connectivity index (χ0) is 39.6. The van der Waals surface area contributed by atoms with Gasteiger partial charge in [0.15, 0.2) is 16.9 Å². The van der Waals surface area contributed by atoms with Crippen LogP contribution >= 0.6 is 21.6 Å². The number of aliphatic hydroxyl groups is 6. The average molecular weight is 818 g/mol. The zero-order valence-electron chi connectivity index (χ0n) is 32.1. The van der Waals surface area contributed by atoms with Gasteiger partial charge in [0.2, 0.25) is 5.75 Å². The Hall–Kier alpha value is -2.31. The lowest BCUT2D eigenvalue weighted by atomic mass is 9.47. The molecule has 6 aliphatic rings. The van der Waals surface area contributed by atoms with Crippen LogP contribution in [0.1, 0.15) is 64.9 Å². The van der Waals surface area contributed by atoms with Crippen LogP contribution in [-0.4, -0.2) is 121 Å². The largest absolute Gasteiger partial charge is 0.482 e. The van der Waals surface area contributed by atoms with Crippen molar-refractivity contribution in [3.63, 3.8) is 0 Å². The number of hydrogen-bond donors (Lipinski definition) is 7. The van der Waals surface area contributed by atoms with Gasteiger partial charge >= 0.3 is 5.97 Å². The maximum atomic E-state index is 13.5. The quantitative estimate of drug-likeness (QED) is 0.110. The first-order valence-electron chi connectivity index (χ1n) is 20.0. The molecule has 15 heteroatoms. The highest BCUT2D eigenvalue weighted by Gasteiger charge is 2.84. The third kappa shape index (κ3) is 6.26. The lowest BCUT2D eigenvalue weighted by Crippen LogP contribution is -2.91. The van der Waals surface area contributed by atoms with Crippen LogP contribution in [0.3, 0.4) is 0 Å². The summed E-state index contributed by atoms with van der Waals surface area (Å²) in [6, 6.07) is 3.72. The number of esters is 1. The second-order valence-corrected chi connectivity index (χ2v) is 19.4. The second kappa shape index (κ2) is 15.4. The summed E-state index contributed by atoms with van der Waals surface area (Å²) in [6.45, 7) is 5.56. The van der Waals surface area contributed by atoms with Gasteiger partial charge in [-0.15, -0.1) is 0 Å². The second-order valence-electron chi connectivity index (χ2n) is 16.9. The highest BCUT2D eigenvalue weighted by atomic mass is 33.1. The molecule has 5 heterocycles. The molecule has 2 aromatic rings. The number of allylic oxidation sites excluding steroid dienone is 1. The fraction of sp³-hybridized carbons (Fsp3) is 0.683. The topological polar surface area (TPSA) is 201 Å². The van der Waals surface area contributed by atoms with E-state index < -0.39 is 83.1 Å². The molecule has 3 fully saturated rings. The van der Waals surface area contributed by atoms with Crippen molar-refractivity contribution >= 4 is 38.5 Å². The average Bonchev–Trinajstić information content (AvgIpc) is 3.63. The van der Waals surface area contributed by atoms with Crippen molar-refractivity contribution in [2.75, 3.05) is 32.1 Å². The molecule has 7 N–H and O–H groups in total. The third-order valence-corrected chi connectivity index (χ3v) is 16.1. The Morgan fingerprint density at radius 3 is 2.73 bits per heavy atom. The number of nitrogens with one attached hydrogen (secondary N) is 1. The van der Waals surface area contributed by atoms with Gasteiger partial charge < -0.3 is 59.3 Å². The normalized spacial score (nSPS) is 40.2. The van der Waals surface area contributed by atoms with Crippen LogP contribution in [0.4, 0.5) is 0 Å². The van der Waals surface area contributed by atoms with Crippen LogP contribution in [-0.2, 0) is 20.7 Å². The SMILES string of the molecule is CCOC(=O)CCc1cc2ccoc2c2c1OC13C=C4CCC(CNC(CCC(C)C)CSSC4C(CO)(O1)C1(O)CC4C=CC(O)C(CO)C4C3(O)C1O)O2. The summed E-state index contributed by atoms with van der Waals surface area (Å²) in [5.74, 6) is -3.97. The molecule has 13 nitrogen and oxygen atoms in total. The minimum atomic E-state index is -2.51. The minimum Gasteiger partial charge on any atom is -0.482 e. The molecule has 1 aromatic heterocycles. The maximum Gasteiger partial charge on any atom is 0.306 e. The van der Waals surface area contributed by atoms with Crippen LogP contribution in [0, 0.1) is 23.7 Å². The van der Waals surface area contributed by atoms with E-state index in [1.54, 1.807) is 42.0 Å².